The van der Waals surface area contributed by atoms with Gasteiger partial charge in [-0.1, -0.05) is 69.7 Å². The fourth-order valence-electron chi connectivity index (χ4n) is 5.06. The predicted octanol–water partition coefficient (Wildman–Crippen LogP) is 6.34. The summed E-state index contributed by atoms with van der Waals surface area (Å²) in [7, 11) is 0. The van der Waals surface area contributed by atoms with Gasteiger partial charge in [-0.15, -0.1) is 0 Å². The molecule has 0 saturated carbocycles. The highest BCUT2D eigenvalue weighted by atomic mass is 15.2. The van der Waals surface area contributed by atoms with Crippen LogP contribution in [0.25, 0.3) is 27.8 Å². The van der Waals surface area contributed by atoms with Gasteiger partial charge in [-0.05, 0) is 54.6 Å². The monoisotopic (exact) mass is 399 g/mol. The van der Waals surface area contributed by atoms with Crippen LogP contribution >= 0.6 is 0 Å². The summed E-state index contributed by atoms with van der Waals surface area (Å²) >= 11 is 0. The van der Waals surface area contributed by atoms with E-state index in [9.17, 15) is 0 Å². The molecule has 0 N–H and O–H groups in total. The Morgan fingerprint density at radius 1 is 0.767 bits per heavy atom. The van der Waals surface area contributed by atoms with E-state index in [2.05, 4.69) is 95.4 Å². The molecule has 0 unspecified atom stereocenters. The van der Waals surface area contributed by atoms with Crippen LogP contribution in [0.2, 0.25) is 0 Å². The van der Waals surface area contributed by atoms with E-state index in [1.165, 1.54) is 65.7 Å². The molecule has 0 amide bonds. The van der Waals surface area contributed by atoms with Crippen molar-refractivity contribution in [2.75, 3.05) is 19.6 Å². The lowest BCUT2D eigenvalue weighted by molar-refractivity contribution is 0.222. The number of hydrogen-bond donors (Lipinski definition) is 0. The van der Waals surface area contributed by atoms with Gasteiger partial charge in [0, 0.05) is 24.8 Å². The molecule has 30 heavy (non-hydrogen) atoms. The Labute approximate surface area is 179 Å². The van der Waals surface area contributed by atoms with E-state index in [-0.39, 0.29) is 5.41 Å². The van der Waals surface area contributed by atoms with Gasteiger partial charge in [-0.3, -0.25) is 0 Å². The predicted molar refractivity (Wildman–Crippen MR) is 127 cm³/mol. The van der Waals surface area contributed by atoms with Gasteiger partial charge in [0.15, 0.2) is 0 Å². The first-order chi connectivity index (χ1) is 14.5. The molecular weight excluding hydrogens is 366 g/mol. The Balaban J connectivity index is 1.73. The average molecular weight is 400 g/mol. The van der Waals surface area contributed by atoms with Crippen molar-refractivity contribution in [1.29, 1.82) is 0 Å². The van der Waals surface area contributed by atoms with Crippen molar-refractivity contribution in [3.05, 3.63) is 66.4 Å². The van der Waals surface area contributed by atoms with Gasteiger partial charge < -0.3 is 13.9 Å². The van der Waals surface area contributed by atoms with Crippen molar-refractivity contribution in [3.8, 4) is 11.1 Å². The van der Waals surface area contributed by atoms with Crippen LogP contribution in [0.5, 0.6) is 0 Å². The fraction of sp³-hybridized carbons (Fsp3) is 0.407. The second-order valence-corrected chi connectivity index (χ2v) is 9.77. The zero-order valence-corrected chi connectivity index (χ0v) is 18.6. The molecule has 0 spiro atoms. The summed E-state index contributed by atoms with van der Waals surface area (Å²) in [6.07, 6.45) is 6.46. The lowest BCUT2D eigenvalue weighted by Crippen LogP contribution is -2.32. The van der Waals surface area contributed by atoms with Crippen LogP contribution in [-0.4, -0.2) is 33.5 Å². The Bertz CT molecular complexity index is 1150. The van der Waals surface area contributed by atoms with E-state index in [0.717, 1.165) is 13.1 Å². The molecular formula is C27H33N3. The molecule has 1 aliphatic heterocycles. The minimum Gasteiger partial charge on any atom is -0.324 e. The van der Waals surface area contributed by atoms with Crippen LogP contribution in [0.4, 0.5) is 0 Å². The molecule has 0 bridgehead atoms. The maximum absolute atomic E-state index is 2.64. The summed E-state index contributed by atoms with van der Waals surface area (Å²) < 4.78 is 5.01. The SMILES string of the molecule is CC(C)(C)c1cn2c3ccccc3n(CCN3CCCCC3)c2c1-c1ccccc1. The summed E-state index contributed by atoms with van der Waals surface area (Å²) in [6, 6.07) is 19.8. The third kappa shape index (κ3) is 3.35. The van der Waals surface area contributed by atoms with Crippen molar-refractivity contribution in [2.45, 2.75) is 52.0 Å². The Morgan fingerprint density at radius 2 is 1.43 bits per heavy atom. The third-order valence-corrected chi connectivity index (χ3v) is 6.63. The van der Waals surface area contributed by atoms with E-state index in [4.69, 9.17) is 0 Å². The van der Waals surface area contributed by atoms with Crippen molar-refractivity contribution >= 4 is 16.7 Å². The maximum atomic E-state index is 2.64. The van der Waals surface area contributed by atoms with Crippen molar-refractivity contribution in [3.63, 3.8) is 0 Å². The van der Waals surface area contributed by atoms with Gasteiger partial charge in [0.2, 0.25) is 0 Å². The van der Waals surface area contributed by atoms with E-state index in [0.29, 0.717) is 0 Å². The number of nitrogens with zero attached hydrogens (tertiary/aromatic N) is 3. The molecule has 4 aromatic rings. The van der Waals surface area contributed by atoms with Gasteiger partial charge in [-0.25, -0.2) is 0 Å². The number of benzene rings is 2. The summed E-state index contributed by atoms with van der Waals surface area (Å²) in [4.78, 5) is 2.64. The quantitative estimate of drug-likeness (QED) is 0.390. The number of imidazole rings is 1. The molecule has 0 radical (unpaired) electrons. The number of rotatable bonds is 4. The summed E-state index contributed by atoms with van der Waals surface area (Å²) in [5.41, 5.74) is 8.17. The lowest BCUT2D eigenvalue weighted by Gasteiger charge is -2.26. The van der Waals surface area contributed by atoms with Crippen LogP contribution in [0.15, 0.2) is 60.8 Å². The molecule has 0 atom stereocenters. The molecule has 5 rings (SSSR count). The van der Waals surface area contributed by atoms with E-state index in [1.807, 2.05) is 0 Å². The molecule has 1 fully saturated rings. The maximum Gasteiger partial charge on any atom is 0.126 e. The molecule has 2 aromatic heterocycles. The van der Waals surface area contributed by atoms with Crippen molar-refractivity contribution in [2.24, 2.45) is 0 Å². The minimum absolute atomic E-state index is 0.0794. The van der Waals surface area contributed by atoms with Crippen LogP contribution in [0.3, 0.4) is 0 Å². The molecule has 1 saturated heterocycles. The number of fused-ring (bicyclic) bond motifs is 3. The smallest absolute Gasteiger partial charge is 0.126 e. The van der Waals surface area contributed by atoms with Crippen molar-refractivity contribution < 1.29 is 0 Å². The van der Waals surface area contributed by atoms with Gasteiger partial charge in [0.1, 0.15) is 5.65 Å². The molecule has 156 valence electrons. The summed E-state index contributed by atoms with van der Waals surface area (Å²) in [6.45, 7) is 11.6. The van der Waals surface area contributed by atoms with E-state index >= 15 is 0 Å². The third-order valence-electron chi connectivity index (χ3n) is 6.63. The molecule has 3 nitrogen and oxygen atoms in total. The molecule has 2 aromatic carbocycles. The van der Waals surface area contributed by atoms with E-state index in [1.54, 1.807) is 0 Å². The second kappa shape index (κ2) is 7.63. The highest BCUT2D eigenvalue weighted by Gasteiger charge is 2.26. The zero-order chi connectivity index (χ0) is 20.7. The lowest BCUT2D eigenvalue weighted by atomic mass is 9.84. The molecule has 3 heterocycles. The summed E-state index contributed by atoms with van der Waals surface area (Å²) in [5, 5.41) is 0. The van der Waals surface area contributed by atoms with Crippen LogP contribution in [0.1, 0.15) is 45.6 Å². The van der Waals surface area contributed by atoms with Gasteiger partial charge in [0.25, 0.3) is 0 Å². The summed E-state index contributed by atoms with van der Waals surface area (Å²) in [5.74, 6) is 0. The Hall–Kier alpha value is -2.52. The first-order valence-corrected chi connectivity index (χ1v) is 11.4. The van der Waals surface area contributed by atoms with Crippen LogP contribution < -0.4 is 0 Å². The number of hydrogen-bond acceptors (Lipinski definition) is 1. The fourth-order valence-corrected chi connectivity index (χ4v) is 5.06. The average Bonchev–Trinajstić information content (AvgIpc) is 3.29. The normalized spacial score (nSPS) is 16.0. The number of likely N-dealkylation sites (tertiary alicyclic amines) is 1. The highest BCUT2D eigenvalue weighted by molar-refractivity contribution is 5.92. The Morgan fingerprint density at radius 3 is 2.13 bits per heavy atom. The zero-order valence-electron chi connectivity index (χ0n) is 18.6. The first-order valence-electron chi connectivity index (χ1n) is 11.4. The van der Waals surface area contributed by atoms with E-state index < -0.39 is 0 Å². The largest absolute Gasteiger partial charge is 0.324 e. The second-order valence-electron chi connectivity index (χ2n) is 9.77. The van der Waals surface area contributed by atoms with Crippen LogP contribution in [-0.2, 0) is 12.0 Å². The number of piperidine rings is 1. The highest BCUT2D eigenvalue weighted by Crippen LogP contribution is 2.40. The van der Waals surface area contributed by atoms with Crippen molar-refractivity contribution in [1.82, 2.24) is 13.9 Å². The minimum atomic E-state index is 0.0794. The number of para-hydroxylation sites is 2. The van der Waals surface area contributed by atoms with Gasteiger partial charge in [-0.2, -0.15) is 0 Å². The standard InChI is InChI=1S/C27H33N3/c1-27(2,3)22-20-30-24-15-9-8-14-23(24)29(19-18-28-16-10-5-11-17-28)26(30)25(22)21-12-6-4-7-13-21/h4,6-9,12-15,20H,5,10-11,16-19H2,1-3H3. The van der Waals surface area contributed by atoms with Gasteiger partial charge in [0.05, 0.1) is 11.0 Å². The molecule has 0 aliphatic carbocycles. The molecule has 3 heteroatoms. The van der Waals surface area contributed by atoms with Crippen LogP contribution in [0, 0.1) is 0 Å². The van der Waals surface area contributed by atoms with Gasteiger partial charge >= 0.3 is 0 Å². The first kappa shape index (κ1) is 19.4. The number of aromatic nitrogens is 2. The molecule has 1 aliphatic rings. The Kier molecular flexibility index (Phi) is 4.94. The topological polar surface area (TPSA) is 12.6 Å².